The van der Waals surface area contributed by atoms with E-state index < -0.39 is 6.04 Å². The van der Waals surface area contributed by atoms with E-state index in [1.165, 1.54) is 11.1 Å². The van der Waals surface area contributed by atoms with Gasteiger partial charge in [0.2, 0.25) is 0 Å². The van der Waals surface area contributed by atoms with Gasteiger partial charge in [-0.15, -0.1) is 0 Å². The predicted octanol–water partition coefficient (Wildman–Crippen LogP) is 4.41. The average molecular weight is 325 g/mol. The second-order valence-electron chi connectivity index (χ2n) is 7.76. The minimum absolute atomic E-state index is 0.171. The number of aryl methyl sites for hydroxylation is 1. The molecule has 0 unspecified atom stereocenters. The quantitative estimate of drug-likeness (QED) is 0.459. The zero-order valence-corrected chi connectivity index (χ0v) is 14.2. The van der Waals surface area contributed by atoms with Crippen LogP contribution in [0.15, 0.2) is 23.3 Å². The molecule has 24 heavy (non-hydrogen) atoms. The summed E-state index contributed by atoms with van der Waals surface area (Å²) in [5.41, 5.74) is 11.3. The molecule has 4 rings (SSSR count). The monoisotopic (exact) mass is 325 g/mol. The first-order valence-corrected chi connectivity index (χ1v) is 8.84. The van der Waals surface area contributed by atoms with Crippen molar-refractivity contribution < 1.29 is 9.53 Å². The highest BCUT2D eigenvalue weighted by molar-refractivity contribution is 5.92. The van der Waals surface area contributed by atoms with E-state index in [-0.39, 0.29) is 11.2 Å². The Balaban J connectivity index is 1.69. The number of nitrogens with zero attached hydrogens (tertiary/aromatic N) is 3. The van der Waals surface area contributed by atoms with Gasteiger partial charge in [0.1, 0.15) is 11.5 Å². The number of carbonyl (C=O) groups excluding carboxylic acids is 1. The fourth-order valence-corrected chi connectivity index (χ4v) is 5.64. The average Bonchev–Trinajstić information content (AvgIpc) is 2.86. The largest absolute Gasteiger partial charge is 0.497 e. The summed E-state index contributed by atoms with van der Waals surface area (Å²) in [6, 6.07) is 5.98. The summed E-state index contributed by atoms with van der Waals surface area (Å²) in [6.45, 7) is 2.10. The van der Waals surface area contributed by atoms with Gasteiger partial charge in [0.25, 0.3) is 0 Å². The van der Waals surface area contributed by atoms with E-state index in [2.05, 4.69) is 35.1 Å². The maximum atomic E-state index is 12.8. The highest BCUT2D eigenvalue weighted by atomic mass is 16.5. The fraction of sp³-hybridized carbons (Fsp3) is 0.632. The Hall–Kier alpha value is -2.00. The maximum absolute atomic E-state index is 12.8. The van der Waals surface area contributed by atoms with Crippen LogP contribution in [0.25, 0.3) is 10.4 Å². The first-order valence-electron chi connectivity index (χ1n) is 8.84. The Bertz CT molecular complexity index is 740. The van der Waals surface area contributed by atoms with Crippen molar-refractivity contribution in [3.8, 4) is 5.75 Å². The van der Waals surface area contributed by atoms with Gasteiger partial charge in [0, 0.05) is 10.3 Å². The number of ether oxygens (including phenoxy) is 1. The smallest absolute Gasteiger partial charge is 0.147 e. The molecule has 3 aliphatic rings. The zero-order chi connectivity index (χ0) is 16.9. The van der Waals surface area contributed by atoms with Crippen molar-refractivity contribution in [1.82, 2.24) is 0 Å². The van der Waals surface area contributed by atoms with Gasteiger partial charge in [-0.2, -0.15) is 0 Å². The van der Waals surface area contributed by atoms with Crippen LogP contribution in [0.1, 0.15) is 49.7 Å². The third kappa shape index (κ3) is 2.07. The van der Waals surface area contributed by atoms with Gasteiger partial charge in [0.15, 0.2) is 0 Å². The standard InChI is InChI=1S/C19H23N3O2/c1-19-8-7-14-13-6-4-12(24-2)9-11(13)3-5-15(14)16(19)10-17(18(19)23)21-22-20/h4,6,9,14-17H,3,5,7-8,10H2,1-2H3/t14-,15-,16+,17-,19-/m1/s1. The molecule has 3 aliphatic carbocycles. The SMILES string of the molecule is COc1ccc2c(c1)CC[C@@H]1[C@@H]2CC[C@@]2(C)C(=O)[C@H](N=[N+]=[N-])C[C@@H]12. The van der Waals surface area contributed by atoms with Crippen molar-refractivity contribution in [2.24, 2.45) is 22.4 Å². The molecule has 0 radical (unpaired) electrons. The van der Waals surface area contributed by atoms with E-state index in [1.807, 2.05) is 0 Å². The first-order chi connectivity index (χ1) is 11.6. The lowest BCUT2D eigenvalue weighted by atomic mass is 9.55. The Morgan fingerprint density at radius 1 is 1.38 bits per heavy atom. The van der Waals surface area contributed by atoms with E-state index in [4.69, 9.17) is 10.3 Å². The number of benzene rings is 1. The van der Waals surface area contributed by atoms with E-state index in [1.54, 1.807) is 7.11 Å². The second-order valence-corrected chi connectivity index (χ2v) is 7.76. The van der Waals surface area contributed by atoms with Gasteiger partial charge in [-0.05, 0) is 78.6 Å². The Labute approximate surface area is 142 Å². The van der Waals surface area contributed by atoms with Gasteiger partial charge in [-0.3, -0.25) is 4.79 Å². The molecule has 1 aromatic carbocycles. The second kappa shape index (κ2) is 5.52. The van der Waals surface area contributed by atoms with Gasteiger partial charge in [-0.1, -0.05) is 18.1 Å². The van der Waals surface area contributed by atoms with Crippen LogP contribution in [0.4, 0.5) is 0 Å². The predicted molar refractivity (Wildman–Crippen MR) is 90.9 cm³/mol. The summed E-state index contributed by atoms with van der Waals surface area (Å²) in [7, 11) is 1.71. The fourth-order valence-electron chi connectivity index (χ4n) is 5.64. The number of hydrogen-bond acceptors (Lipinski definition) is 3. The molecule has 0 heterocycles. The van der Waals surface area contributed by atoms with Crippen molar-refractivity contribution in [2.75, 3.05) is 7.11 Å². The van der Waals surface area contributed by atoms with Crippen molar-refractivity contribution in [3.05, 3.63) is 39.8 Å². The minimum atomic E-state index is -0.457. The summed E-state index contributed by atoms with van der Waals surface area (Å²) in [4.78, 5) is 15.7. The molecule has 2 fully saturated rings. The molecule has 0 aromatic heterocycles. The molecule has 5 atom stereocenters. The number of methoxy groups -OCH3 is 1. The first kappa shape index (κ1) is 15.5. The zero-order valence-electron chi connectivity index (χ0n) is 14.2. The number of azide groups is 1. The van der Waals surface area contributed by atoms with Crippen LogP contribution in [0, 0.1) is 17.3 Å². The Morgan fingerprint density at radius 3 is 2.96 bits per heavy atom. The van der Waals surface area contributed by atoms with Gasteiger partial charge in [0.05, 0.1) is 13.2 Å². The van der Waals surface area contributed by atoms with Gasteiger partial charge in [-0.25, -0.2) is 0 Å². The third-order valence-electron chi connectivity index (χ3n) is 6.86. The molecular formula is C19H23N3O2. The third-order valence-corrected chi connectivity index (χ3v) is 6.86. The highest BCUT2D eigenvalue weighted by Gasteiger charge is 2.57. The van der Waals surface area contributed by atoms with Gasteiger partial charge < -0.3 is 4.74 Å². The van der Waals surface area contributed by atoms with E-state index in [0.29, 0.717) is 17.8 Å². The molecule has 0 bridgehead atoms. The highest BCUT2D eigenvalue weighted by Crippen LogP contribution is 2.60. The number of ketones is 1. The lowest BCUT2D eigenvalue weighted by molar-refractivity contribution is -0.130. The van der Waals surface area contributed by atoms with Crippen LogP contribution in [-0.2, 0) is 11.2 Å². The van der Waals surface area contributed by atoms with Crippen LogP contribution >= 0.6 is 0 Å². The summed E-state index contributed by atoms with van der Waals surface area (Å²) in [5, 5.41) is 3.79. The molecule has 0 amide bonds. The molecule has 5 heteroatoms. The van der Waals surface area contributed by atoms with Crippen molar-refractivity contribution in [2.45, 2.75) is 51.0 Å². The number of Topliss-reactive ketones (excluding diaryl/α,β-unsaturated/α-hetero) is 1. The Morgan fingerprint density at radius 2 is 2.21 bits per heavy atom. The van der Waals surface area contributed by atoms with Crippen LogP contribution in [0.5, 0.6) is 5.75 Å². The molecular weight excluding hydrogens is 302 g/mol. The lowest BCUT2D eigenvalue weighted by Crippen LogP contribution is -2.42. The molecule has 1 aromatic rings. The molecule has 5 nitrogen and oxygen atoms in total. The van der Waals surface area contributed by atoms with E-state index in [9.17, 15) is 4.79 Å². The maximum Gasteiger partial charge on any atom is 0.147 e. The number of hydrogen-bond donors (Lipinski definition) is 0. The van der Waals surface area contributed by atoms with Crippen molar-refractivity contribution in [3.63, 3.8) is 0 Å². The minimum Gasteiger partial charge on any atom is -0.497 e. The van der Waals surface area contributed by atoms with Crippen molar-refractivity contribution in [1.29, 1.82) is 0 Å². The molecule has 2 saturated carbocycles. The number of fused-ring (bicyclic) bond motifs is 5. The van der Waals surface area contributed by atoms with Crippen LogP contribution in [-0.4, -0.2) is 18.9 Å². The number of rotatable bonds is 2. The van der Waals surface area contributed by atoms with Crippen LogP contribution in [0.2, 0.25) is 0 Å². The van der Waals surface area contributed by atoms with E-state index in [0.717, 1.165) is 37.9 Å². The number of carbonyl (C=O) groups is 1. The van der Waals surface area contributed by atoms with Crippen LogP contribution in [0.3, 0.4) is 0 Å². The van der Waals surface area contributed by atoms with Crippen molar-refractivity contribution >= 4 is 5.78 Å². The molecule has 0 spiro atoms. The molecule has 0 aliphatic heterocycles. The molecule has 0 saturated heterocycles. The summed E-state index contributed by atoms with van der Waals surface area (Å²) in [5.74, 6) is 2.48. The normalized spacial score (nSPS) is 37.0. The van der Waals surface area contributed by atoms with Gasteiger partial charge >= 0.3 is 0 Å². The summed E-state index contributed by atoms with van der Waals surface area (Å²) in [6.07, 6.45) is 4.83. The van der Waals surface area contributed by atoms with E-state index >= 15 is 0 Å². The van der Waals surface area contributed by atoms with Crippen LogP contribution < -0.4 is 4.74 Å². The lowest BCUT2D eigenvalue weighted by Gasteiger charge is -2.48. The molecule has 126 valence electrons. The Kier molecular flexibility index (Phi) is 3.57. The summed E-state index contributed by atoms with van der Waals surface area (Å²) < 4.78 is 5.37. The summed E-state index contributed by atoms with van der Waals surface area (Å²) >= 11 is 0. The topological polar surface area (TPSA) is 75.1 Å². The molecule has 0 N–H and O–H groups in total.